The van der Waals surface area contributed by atoms with Crippen LogP contribution in [0.3, 0.4) is 0 Å². The molecule has 0 heterocycles. The van der Waals surface area contributed by atoms with Crippen molar-refractivity contribution in [2.75, 3.05) is 0 Å². The molecule has 0 nitrogen and oxygen atoms in total. The van der Waals surface area contributed by atoms with E-state index >= 15 is 0 Å². The lowest BCUT2D eigenvalue weighted by atomic mass is 9.82. The molecule has 2 aromatic carbocycles. The number of benzene rings is 2. The minimum atomic E-state index is 1.15. The summed E-state index contributed by atoms with van der Waals surface area (Å²) in [6.07, 6.45) is 4.74. The van der Waals surface area contributed by atoms with E-state index in [1.807, 2.05) is 0 Å². The van der Waals surface area contributed by atoms with Gasteiger partial charge in [-0.25, -0.2) is 0 Å². The summed E-state index contributed by atoms with van der Waals surface area (Å²) < 4.78 is 0. The van der Waals surface area contributed by atoms with Gasteiger partial charge in [-0.05, 0) is 67.0 Å². The average Bonchev–Trinajstić information content (AvgIpc) is 2.42. The summed E-state index contributed by atoms with van der Waals surface area (Å²) in [5.41, 5.74) is 9.94. The van der Waals surface area contributed by atoms with Crippen molar-refractivity contribution < 1.29 is 0 Å². The van der Waals surface area contributed by atoms with Gasteiger partial charge in [0.2, 0.25) is 0 Å². The molecule has 0 amide bonds. The molecule has 3 rings (SSSR count). The first-order chi connectivity index (χ1) is 9.16. The van der Waals surface area contributed by atoms with Crippen molar-refractivity contribution in [3.63, 3.8) is 0 Å². The van der Waals surface area contributed by atoms with E-state index in [4.69, 9.17) is 0 Å². The molecular weight excluding hydrogens is 228 g/mol. The molecule has 0 fully saturated rings. The molecule has 0 saturated carbocycles. The Morgan fingerprint density at radius 1 is 0.895 bits per heavy atom. The zero-order valence-corrected chi connectivity index (χ0v) is 12.0. The lowest BCUT2D eigenvalue weighted by Gasteiger charge is -2.22. The van der Waals surface area contributed by atoms with Gasteiger partial charge in [0.15, 0.2) is 0 Å². The van der Waals surface area contributed by atoms with Crippen LogP contribution in [0.1, 0.15) is 39.8 Å². The first-order valence-electron chi connectivity index (χ1n) is 7.03. The summed E-state index contributed by atoms with van der Waals surface area (Å²) in [6, 6.07) is 13.4. The number of aryl methyl sites for hydroxylation is 3. The smallest absolute Gasteiger partial charge is 0.0117 e. The first-order valence-corrected chi connectivity index (χ1v) is 7.03. The molecule has 0 aromatic heterocycles. The van der Waals surface area contributed by atoms with Gasteiger partial charge < -0.3 is 0 Å². The molecule has 1 aliphatic carbocycles. The minimum absolute atomic E-state index is 1.15. The SMILES string of the molecule is Cc1cccc(C2=CCCc3c(C)ccc(C)c32)c1. The molecular formula is C19H20. The molecule has 0 N–H and O–H groups in total. The van der Waals surface area contributed by atoms with Crippen molar-refractivity contribution in [2.24, 2.45) is 0 Å². The lowest BCUT2D eigenvalue weighted by molar-refractivity contribution is 0.958. The lowest BCUT2D eigenvalue weighted by Crippen LogP contribution is -2.05. The molecule has 0 atom stereocenters. The molecule has 1 aliphatic rings. The van der Waals surface area contributed by atoms with Gasteiger partial charge in [0.05, 0.1) is 0 Å². The Kier molecular flexibility index (Phi) is 3.02. The van der Waals surface area contributed by atoms with Crippen molar-refractivity contribution in [3.05, 3.63) is 75.9 Å². The predicted molar refractivity (Wildman–Crippen MR) is 82.5 cm³/mol. The van der Waals surface area contributed by atoms with Gasteiger partial charge in [0.1, 0.15) is 0 Å². The highest BCUT2D eigenvalue weighted by Gasteiger charge is 2.17. The number of fused-ring (bicyclic) bond motifs is 1. The highest BCUT2D eigenvalue weighted by Crippen LogP contribution is 2.35. The van der Waals surface area contributed by atoms with Crippen molar-refractivity contribution in [1.82, 2.24) is 0 Å². The van der Waals surface area contributed by atoms with Crippen molar-refractivity contribution in [2.45, 2.75) is 33.6 Å². The average molecular weight is 248 g/mol. The van der Waals surface area contributed by atoms with Gasteiger partial charge in [0, 0.05) is 0 Å². The zero-order valence-electron chi connectivity index (χ0n) is 12.0. The molecule has 0 aliphatic heterocycles. The summed E-state index contributed by atoms with van der Waals surface area (Å²) in [5, 5.41) is 0. The molecule has 0 radical (unpaired) electrons. The van der Waals surface area contributed by atoms with Crippen LogP contribution in [-0.4, -0.2) is 0 Å². The Morgan fingerprint density at radius 3 is 2.47 bits per heavy atom. The van der Waals surface area contributed by atoms with Crippen molar-refractivity contribution >= 4 is 5.57 Å². The normalized spacial score (nSPS) is 13.9. The van der Waals surface area contributed by atoms with Crippen LogP contribution in [0.5, 0.6) is 0 Å². The Bertz CT molecular complexity index is 660. The summed E-state index contributed by atoms with van der Waals surface area (Å²) in [7, 11) is 0. The van der Waals surface area contributed by atoms with Gasteiger partial charge in [-0.2, -0.15) is 0 Å². The third kappa shape index (κ3) is 2.12. The molecule has 0 heteroatoms. The standard InChI is InChI=1S/C19H20/c1-13-6-4-7-16(12-13)18-9-5-8-17-14(2)10-11-15(3)19(17)18/h4,6-7,9-12H,5,8H2,1-3H3. The topological polar surface area (TPSA) is 0 Å². The maximum absolute atomic E-state index is 2.41. The molecule has 19 heavy (non-hydrogen) atoms. The highest BCUT2D eigenvalue weighted by molar-refractivity contribution is 5.84. The van der Waals surface area contributed by atoms with Crippen LogP contribution >= 0.6 is 0 Å². The summed E-state index contributed by atoms with van der Waals surface area (Å²) in [5.74, 6) is 0. The van der Waals surface area contributed by atoms with E-state index in [0.717, 1.165) is 6.42 Å². The Balaban J connectivity index is 2.21. The second-order valence-corrected chi connectivity index (χ2v) is 5.58. The summed E-state index contributed by atoms with van der Waals surface area (Å²) >= 11 is 0. The van der Waals surface area contributed by atoms with Crippen LogP contribution < -0.4 is 0 Å². The van der Waals surface area contributed by atoms with Crippen LogP contribution in [0, 0.1) is 20.8 Å². The van der Waals surface area contributed by atoms with Crippen LogP contribution in [0.25, 0.3) is 5.57 Å². The highest BCUT2D eigenvalue weighted by atomic mass is 14.2. The first kappa shape index (κ1) is 12.2. The van der Waals surface area contributed by atoms with Gasteiger partial charge in [-0.15, -0.1) is 0 Å². The van der Waals surface area contributed by atoms with Gasteiger partial charge in [-0.1, -0.05) is 48.0 Å². The van der Waals surface area contributed by atoms with Crippen LogP contribution in [0.2, 0.25) is 0 Å². The second-order valence-electron chi connectivity index (χ2n) is 5.58. The molecule has 96 valence electrons. The summed E-state index contributed by atoms with van der Waals surface area (Å²) in [6.45, 7) is 6.63. The zero-order chi connectivity index (χ0) is 13.4. The molecule has 0 bridgehead atoms. The van der Waals surface area contributed by atoms with E-state index in [0.29, 0.717) is 0 Å². The van der Waals surface area contributed by atoms with Crippen molar-refractivity contribution in [3.8, 4) is 0 Å². The van der Waals surface area contributed by atoms with Crippen LogP contribution in [-0.2, 0) is 6.42 Å². The van der Waals surface area contributed by atoms with E-state index in [1.54, 1.807) is 5.56 Å². The monoisotopic (exact) mass is 248 g/mol. The molecule has 2 aromatic rings. The van der Waals surface area contributed by atoms with E-state index < -0.39 is 0 Å². The Labute approximate surface area is 115 Å². The Morgan fingerprint density at radius 2 is 1.68 bits per heavy atom. The van der Waals surface area contributed by atoms with Gasteiger partial charge in [-0.3, -0.25) is 0 Å². The van der Waals surface area contributed by atoms with Crippen LogP contribution in [0.4, 0.5) is 0 Å². The number of hydrogen-bond donors (Lipinski definition) is 0. The fourth-order valence-corrected chi connectivity index (χ4v) is 3.10. The summed E-state index contributed by atoms with van der Waals surface area (Å²) in [4.78, 5) is 0. The quantitative estimate of drug-likeness (QED) is 0.667. The number of rotatable bonds is 1. The fourth-order valence-electron chi connectivity index (χ4n) is 3.10. The number of hydrogen-bond acceptors (Lipinski definition) is 0. The molecule has 0 spiro atoms. The fraction of sp³-hybridized carbons (Fsp3) is 0.263. The predicted octanol–water partition coefficient (Wildman–Crippen LogP) is 4.99. The van der Waals surface area contributed by atoms with E-state index in [2.05, 4.69) is 63.2 Å². The van der Waals surface area contributed by atoms with Gasteiger partial charge >= 0.3 is 0 Å². The Hall–Kier alpha value is -1.82. The van der Waals surface area contributed by atoms with E-state index in [-0.39, 0.29) is 0 Å². The molecule has 0 unspecified atom stereocenters. The maximum atomic E-state index is 2.41. The maximum Gasteiger partial charge on any atom is -0.0117 e. The van der Waals surface area contributed by atoms with E-state index in [1.165, 1.54) is 39.8 Å². The van der Waals surface area contributed by atoms with Crippen LogP contribution in [0.15, 0.2) is 42.5 Å². The van der Waals surface area contributed by atoms with Gasteiger partial charge in [0.25, 0.3) is 0 Å². The third-order valence-electron chi connectivity index (χ3n) is 4.10. The molecule has 0 saturated heterocycles. The largest absolute Gasteiger partial charge is 0.0757 e. The van der Waals surface area contributed by atoms with Crippen molar-refractivity contribution in [1.29, 1.82) is 0 Å². The third-order valence-corrected chi connectivity index (χ3v) is 4.10. The van der Waals surface area contributed by atoms with E-state index in [9.17, 15) is 0 Å². The second kappa shape index (κ2) is 4.70. The number of allylic oxidation sites excluding steroid dienone is 1. The minimum Gasteiger partial charge on any atom is -0.0757 e.